The first-order valence-electron chi connectivity index (χ1n) is 9.83. The third-order valence-electron chi connectivity index (χ3n) is 6.05. The van der Waals surface area contributed by atoms with Crippen LogP contribution in [-0.2, 0) is 4.79 Å². The standard InChI is InChI=1S/C18H35N5O/c1-20-9-5-16(6-10-20)22-11-13-23(14-12-22)18(24)17(19)15-21-7-3-2-4-8-21/h16-17H,2-15,19H2,1H3/t17-/m1/s1. The molecule has 3 saturated heterocycles. The molecule has 6 heteroatoms. The molecule has 0 unspecified atom stereocenters. The molecule has 6 nitrogen and oxygen atoms in total. The van der Waals surface area contributed by atoms with Gasteiger partial charge in [-0.25, -0.2) is 0 Å². The lowest BCUT2D eigenvalue weighted by Gasteiger charge is -2.42. The molecular weight excluding hydrogens is 302 g/mol. The van der Waals surface area contributed by atoms with Crippen molar-refractivity contribution in [3.63, 3.8) is 0 Å². The average Bonchev–Trinajstić information content (AvgIpc) is 2.63. The first-order chi connectivity index (χ1) is 11.6. The fraction of sp³-hybridized carbons (Fsp3) is 0.944. The number of rotatable bonds is 4. The van der Waals surface area contributed by atoms with Gasteiger partial charge in [0.25, 0.3) is 0 Å². The minimum atomic E-state index is -0.349. The van der Waals surface area contributed by atoms with Gasteiger partial charge in [0.1, 0.15) is 0 Å². The Balaban J connectivity index is 1.41. The van der Waals surface area contributed by atoms with Crippen molar-refractivity contribution in [2.24, 2.45) is 5.73 Å². The van der Waals surface area contributed by atoms with Gasteiger partial charge in [0.15, 0.2) is 0 Å². The minimum Gasteiger partial charge on any atom is -0.339 e. The maximum atomic E-state index is 12.6. The highest BCUT2D eigenvalue weighted by Gasteiger charge is 2.30. The summed E-state index contributed by atoms with van der Waals surface area (Å²) < 4.78 is 0. The summed E-state index contributed by atoms with van der Waals surface area (Å²) in [7, 11) is 2.20. The number of amides is 1. The summed E-state index contributed by atoms with van der Waals surface area (Å²) in [6, 6.07) is 0.360. The third kappa shape index (κ3) is 4.69. The molecule has 0 aliphatic carbocycles. The lowest BCUT2D eigenvalue weighted by atomic mass is 10.0. The molecule has 3 aliphatic heterocycles. The Morgan fingerprint density at radius 1 is 0.958 bits per heavy atom. The summed E-state index contributed by atoms with van der Waals surface area (Å²) >= 11 is 0. The molecule has 2 N–H and O–H groups in total. The Hall–Kier alpha value is -0.690. The number of nitrogens with two attached hydrogens (primary N) is 1. The van der Waals surface area contributed by atoms with Crippen LogP contribution in [0.3, 0.4) is 0 Å². The highest BCUT2D eigenvalue weighted by Crippen LogP contribution is 2.18. The van der Waals surface area contributed by atoms with Gasteiger partial charge < -0.3 is 20.4 Å². The van der Waals surface area contributed by atoms with E-state index in [9.17, 15) is 4.79 Å². The van der Waals surface area contributed by atoms with Crippen molar-refractivity contribution >= 4 is 5.91 Å². The summed E-state index contributed by atoms with van der Waals surface area (Å²) in [6.07, 6.45) is 6.34. The number of carbonyl (C=O) groups is 1. The molecule has 0 aromatic rings. The zero-order valence-corrected chi connectivity index (χ0v) is 15.3. The van der Waals surface area contributed by atoms with Crippen molar-refractivity contribution in [1.29, 1.82) is 0 Å². The molecule has 0 bridgehead atoms. The first-order valence-corrected chi connectivity index (χ1v) is 9.83. The second kappa shape index (κ2) is 8.61. The van der Waals surface area contributed by atoms with Gasteiger partial charge in [-0.1, -0.05) is 6.42 Å². The molecule has 0 radical (unpaired) electrons. The van der Waals surface area contributed by atoms with Crippen molar-refractivity contribution in [1.82, 2.24) is 19.6 Å². The number of hydrogen-bond acceptors (Lipinski definition) is 5. The minimum absolute atomic E-state index is 0.156. The van der Waals surface area contributed by atoms with Crippen molar-refractivity contribution in [3.05, 3.63) is 0 Å². The third-order valence-corrected chi connectivity index (χ3v) is 6.05. The van der Waals surface area contributed by atoms with E-state index in [2.05, 4.69) is 21.7 Å². The molecule has 138 valence electrons. The van der Waals surface area contributed by atoms with Crippen molar-refractivity contribution in [2.45, 2.75) is 44.2 Å². The molecule has 0 spiro atoms. The fourth-order valence-electron chi connectivity index (χ4n) is 4.40. The zero-order valence-electron chi connectivity index (χ0n) is 15.3. The Labute approximate surface area is 146 Å². The van der Waals surface area contributed by atoms with Crippen LogP contribution in [-0.4, -0.2) is 104 Å². The molecule has 3 aliphatic rings. The maximum Gasteiger partial charge on any atom is 0.240 e. The molecule has 0 aromatic carbocycles. The van der Waals surface area contributed by atoms with E-state index >= 15 is 0 Å². The van der Waals surface area contributed by atoms with E-state index in [1.54, 1.807) is 0 Å². The molecule has 1 atom stereocenters. The predicted molar refractivity (Wildman–Crippen MR) is 96.9 cm³/mol. The summed E-state index contributed by atoms with van der Waals surface area (Å²) in [5.41, 5.74) is 6.22. The Kier molecular flexibility index (Phi) is 6.49. The predicted octanol–water partition coefficient (Wildman–Crippen LogP) is 0.0380. The second-order valence-electron chi connectivity index (χ2n) is 7.86. The van der Waals surface area contributed by atoms with E-state index in [0.717, 1.165) is 45.8 Å². The van der Waals surface area contributed by atoms with Crippen LogP contribution in [0.25, 0.3) is 0 Å². The summed E-state index contributed by atoms with van der Waals surface area (Å²) in [5.74, 6) is 0.156. The SMILES string of the molecule is CN1CCC(N2CCN(C(=O)[C@H](N)CN3CCCCC3)CC2)CC1. The maximum absolute atomic E-state index is 12.6. The van der Waals surface area contributed by atoms with Gasteiger partial charge in [0.2, 0.25) is 5.91 Å². The van der Waals surface area contributed by atoms with E-state index < -0.39 is 0 Å². The van der Waals surface area contributed by atoms with E-state index in [0.29, 0.717) is 6.04 Å². The number of piperazine rings is 1. The average molecular weight is 338 g/mol. The van der Waals surface area contributed by atoms with Crippen LogP contribution < -0.4 is 5.73 Å². The van der Waals surface area contributed by atoms with Gasteiger partial charge in [-0.05, 0) is 58.9 Å². The summed E-state index contributed by atoms with van der Waals surface area (Å²) in [4.78, 5) is 22.0. The van der Waals surface area contributed by atoms with E-state index in [-0.39, 0.29) is 11.9 Å². The van der Waals surface area contributed by atoms with E-state index in [1.165, 1.54) is 45.2 Å². The highest BCUT2D eigenvalue weighted by atomic mass is 16.2. The number of carbonyl (C=O) groups excluding carboxylic acids is 1. The topological polar surface area (TPSA) is 56.1 Å². The lowest BCUT2D eigenvalue weighted by Crippen LogP contribution is -2.58. The highest BCUT2D eigenvalue weighted by molar-refractivity contribution is 5.82. The van der Waals surface area contributed by atoms with Gasteiger partial charge >= 0.3 is 0 Å². The molecule has 3 fully saturated rings. The van der Waals surface area contributed by atoms with Crippen LogP contribution in [0, 0.1) is 0 Å². The van der Waals surface area contributed by atoms with Crippen LogP contribution in [0.4, 0.5) is 0 Å². The normalized spacial score (nSPS) is 27.3. The smallest absolute Gasteiger partial charge is 0.240 e. The second-order valence-corrected chi connectivity index (χ2v) is 7.86. The van der Waals surface area contributed by atoms with E-state index in [1.807, 2.05) is 4.90 Å². The largest absolute Gasteiger partial charge is 0.339 e. The van der Waals surface area contributed by atoms with Crippen LogP contribution in [0.15, 0.2) is 0 Å². The van der Waals surface area contributed by atoms with Gasteiger partial charge in [0.05, 0.1) is 6.04 Å². The Bertz CT molecular complexity index is 396. The number of likely N-dealkylation sites (tertiary alicyclic amines) is 2. The molecular formula is C18H35N5O. The quantitative estimate of drug-likeness (QED) is 0.785. The van der Waals surface area contributed by atoms with Crippen LogP contribution >= 0.6 is 0 Å². The van der Waals surface area contributed by atoms with Crippen LogP contribution in [0.5, 0.6) is 0 Å². The lowest BCUT2D eigenvalue weighted by molar-refractivity contribution is -0.135. The van der Waals surface area contributed by atoms with Crippen molar-refractivity contribution < 1.29 is 4.79 Å². The van der Waals surface area contributed by atoms with Crippen molar-refractivity contribution in [3.8, 4) is 0 Å². The first kappa shape index (κ1) is 18.1. The summed E-state index contributed by atoms with van der Waals surface area (Å²) in [5, 5.41) is 0. The summed E-state index contributed by atoms with van der Waals surface area (Å²) in [6.45, 7) is 9.05. The molecule has 3 heterocycles. The molecule has 0 aromatic heterocycles. The molecule has 1 amide bonds. The van der Waals surface area contributed by atoms with Gasteiger partial charge in [-0.15, -0.1) is 0 Å². The monoisotopic (exact) mass is 337 g/mol. The molecule has 0 saturated carbocycles. The van der Waals surface area contributed by atoms with Gasteiger partial charge in [0, 0.05) is 38.8 Å². The molecule has 24 heavy (non-hydrogen) atoms. The van der Waals surface area contributed by atoms with Crippen LogP contribution in [0.1, 0.15) is 32.1 Å². The van der Waals surface area contributed by atoms with Crippen molar-refractivity contribution in [2.75, 3.05) is 66.0 Å². The number of piperidine rings is 2. The number of hydrogen-bond donors (Lipinski definition) is 1. The Morgan fingerprint density at radius 3 is 2.21 bits per heavy atom. The zero-order chi connectivity index (χ0) is 16.9. The number of nitrogens with zero attached hydrogens (tertiary/aromatic N) is 4. The fourth-order valence-corrected chi connectivity index (χ4v) is 4.40. The van der Waals surface area contributed by atoms with E-state index in [4.69, 9.17) is 5.73 Å². The van der Waals surface area contributed by atoms with Crippen LogP contribution in [0.2, 0.25) is 0 Å². The van der Waals surface area contributed by atoms with Gasteiger partial charge in [-0.2, -0.15) is 0 Å². The molecule has 3 rings (SSSR count). The van der Waals surface area contributed by atoms with Gasteiger partial charge in [-0.3, -0.25) is 9.69 Å². The Morgan fingerprint density at radius 2 is 1.58 bits per heavy atom.